The van der Waals surface area contributed by atoms with E-state index in [2.05, 4.69) is 0 Å². The molecule has 0 unspecified atom stereocenters. The molecule has 0 heterocycles. The van der Waals surface area contributed by atoms with Crippen molar-refractivity contribution in [1.82, 2.24) is 0 Å². The van der Waals surface area contributed by atoms with Crippen LogP contribution in [-0.4, -0.2) is 12.4 Å². The Balaban J connectivity index is 1.84. The molecular formula is C15H11F2NOS. The molecule has 0 saturated carbocycles. The average molecular weight is 291 g/mol. The predicted molar refractivity (Wildman–Crippen MR) is 73.7 cm³/mol. The summed E-state index contributed by atoms with van der Waals surface area (Å²) in [7, 11) is 0. The van der Waals surface area contributed by atoms with E-state index in [4.69, 9.17) is 10.00 Å². The molecule has 0 N–H and O–H groups in total. The van der Waals surface area contributed by atoms with Gasteiger partial charge in [-0.15, -0.1) is 11.8 Å². The number of halogens is 2. The molecule has 0 atom stereocenters. The van der Waals surface area contributed by atoms with Gasteiger partial charge in [-0.25, -0.2) is 8.78 Å². The first-order valence-corrected chi connectivity index (χ1v) is 6.88. The van der Waals surface area contributed by atoms with Gasteiger partial charge < -0.3 is 4.74 Å². The van der Waals surface area contributed by atoms with Crippen LogP contribution >= 0.6 is 11.8 Å². The second-order valence-electron chi connectivity index (χ2n) is 3.91. The Hall–Kier alpha value is -2.06. The number of rotatable bonds is 5. The molecule has 0 spiro atoms. The van der Waals surface area contributed by atoms with E-state index >= 15 is 0 Å². The Kier molecular flexibility index (Phi) is 4.97. The second-order valence-corrected chi connectivity index (χ2v) is 5.05. The van der Waals surface area contributed by atoms with Crippen LogP contribution in [-0.2, 0) is 0 Å². The largest absolute Gasteiger partial charge is 0.493 e. The van der Waals surface area contributed by atoms with Gasteiger partial charge in [-0.05, 0) is 36.4 Å². The number of benzene rings is 2. The Morgan fingerprint density at radius 1 is 1.15 bits per heavy atom. The van der Waals surface area contributed by atoms with Crippen molar-refractivity contribution in [3.05, 3.63) is 59.7 Å². The van der Waals surface area contributed by atoms with E-state index in [1.54, 1.807) is 24.3 Å². The Morgan fingerprint density at radius 3 is 2.80 bits per heavy atom. The molecule has 2 aromatic rings. The summed E-state index contributed by atoms with van der Waals surface area (Å²) in [4.78, 5) is 0.263. The fraction of sp³-hybridized carbons (Fsp3) is 0.133. The van der Waals surface area contributed by atoms with E-state index in [0.29, 0.717) is 23.7 Å². The van der Waals surface area contributed by atoms with Crippen LogP contribution in [0.2, 0.25) is 0 Å². The highest BCUT2D eigenvalue weighted by Crippen LogP contribution is 2.22. The lowest BCUT2D eigenvalue weighted by Crippen LogP contribution is -2.00. The van der Waals surface area contributed by atoms with E-state index < -0.39 is 11.6 Å². The highest BCUT2D eigenvalue weighted by molar-refractivity contribution is 7.99. The summed E-state index contributed by atoms with van der Waals surface area (Å²) in [5, 5.41) is 8.75. The molecule has 2 nitrogen and oxygen atoms in total. The van der Waals surface area contributed by atoms with Crippen molar-refractivity contribution in [2.45, 2.75) is 4.90 Å². The Labute approximate surface area is 120 Å². The van der Waals surface area contributed by atoms with Gasteiger partial charge in [-0.1, -0.05) is 6.07 Å². The van der Waals surface area contributed by atoms with Gasteiger partial charge in [0.1, 0.15) is 17.4 Å². The van der Waals surface area contributed by atoms with Crippen molar-refractivity contribution in [3.63, 3.8) is 0 Å². The van der Waals surface area contributed by atoms with Crippen molar-refractivity contribution in [2.75, 3.05) is 12.4 Å². The number of nitriles is 1. The molecule has 2 rings (SSSR count). The molecule has 0 fully saturated rings. The molecule has 0 aliphatic rings. The van der Waals surface area contributed by atoms with Crippen molar-refractivity contribution in [3.8, 4) is 11.8 Å². The number of hydrogen-bond donors (Lipinski definition) is 0. The zero-order valence-electron chi connectivity index (χ0n) is 10.5. The minimum absolute atomic E-state index is 0.263. The minimum atomic E-state index is -0.462. The topological polar surface area (TPSA) is 33.0 Å². The highest BCUT2D eigenvalue weighted by Gasteiger charge is 2.04. The number of ether oxygens (including phenoxy) is 1. The quantitative estimate of drug-likeness (QED) is 0.616. The third kappa shape index (κ3) is 3.97. The van der Waals surface area contributed by atoms with Crippen molar-refractivity contribution in [1.29, 1.82) is 5.26 Å². The fourth-order valence-corrected chi connectivity index (χ4v) is 2.34. The lowest BCUT2D eigenvalue weighted by atomic mass is 10.2. The van der Waals surface area contributed by atoms with Gasteiger partial charge in [0.15, 0.2) is 0 Å². The maximum atomic E-state index is 13.4. The SMILES string of the molecule is N#Cc1cccc(OCCSc2cc(F)ccc2F)c1. The van der Waals surface area contributed by atoms with Crippen molar-refractivity contribution >= 4 is 11.8 Å². The molecule has 0 saturated heterocycles. The summed E-state index contributed by atoms with van der Waals surface area (Å²) >= 11 is 1.19. The summed E-state index contributed by atoms with van der Waals surface area (Å²) in [5.41, 5.74) is 0.520. The van der Waals surface area contributed by atoms with Gasteiger partial charge in [0.25, 0.3) is 0 Å². The summed E-state index contributed by atoms with van der Waals surface area (Å²) < 4.78 is 31.8. The van der Waals surface area contributed by atoms with Crippen molar-refractivity contribution < 1.29 is 13.5 Å². The number of nitrogens with zero attached hydrogens (tertiary/aromatic N) is 1. The Morgan fingerprint density at radius 2 is 2.00 bits per heavy atom. The second kappa shape index (κ2) is 6.92. The Bertz CT molecular complexity index is 640. The van der Waals surface area contributed by atoms with Gasteiger partial charge in [0.2, 0.25) is 0 Å². The predicted octanol–water partition coefficient (Wildman–Crippen LogP) is 4.01. The maximum absolute atomic E-state index is 13.4. The molecule has 0 aliphatic carbocycles. The fourth-order valence-electron chi connectivity index (χ4n) is 1.55. The molecule has 0 radical (unpaired) electrons. The third-order valence-electron chi connectivity index (χ3n) is 2.47. The van der Waals surface area contributed by atoms with E-state index in [1.807, 2.05) is 6.07 Å². The summed E-state index contributed by atoms with van der Waals surface area (Å²) in [6.07, 6.45) is 0. The molecule has 5 heteroatoms. The van der Waals surface area contributed by atoms with Crippen LogP contribution < -0.4 is 4.74 Å². The minimum Gasteiger partial charge on any atom is -0.493 e. The molecule has 0 aliphatic heterocycles. The van der Waals surface area contributed by atoms with Crippen LogP contribution in [0.5, 0.6) is 5.75 Å². The molecule has 102 valence electrons. The first-order chi connectivity index (χ1) is 9.69. The zero-order valence-corrected chi connectivity index (χ0v) is 11.3. The maximum Gasteiger partial charge on any atom is 0.136 e. The van der Waals surface area contributed by atoms with Crippen LogP contribution in [0.15, 0.2) is 47.4 Å². The first-order valence-electron chi connectivity index (χ1n) is 5.90. The van der Waals surface area contributed by atoms with E-state index in [0.717, 1.165) is 18.2 Å². The standard InChI is InChI=1S/C15H11F2NOS/c16-12-4-5-14(17)15(9-12)20-7-6-19-13-3-1-2-11(8-13)10-18/h1-5,8-9H,6-7H2. The molecule has 2 aromatic carbocycles. The van der Waals surface area contributed by atoms with E-state index in [1.165, 1.54) is 11.8 Å². The van der Waals surface area contributed by atoms with Crippen molar-refractivity contribution in [2.24, 2.45) is 0 Å². The van der Waals surface area contributed by atoms with E-state index in [-0.39, 0.29) is 4.90 Å². The van der Waals surface area contributed by atoms with E-state index in [9.17, 15) is 8.78 Å². The van der Waals surface area contributed by atoms with Gasteiger partial charge in [0.05, 0.1) is 18.2 Å². The molecule has 20 heavy (non-hydrogen) atoms. The number of hydrogen-bond acceptors (Lipinski definition) is 3. The average Bonchev–Trinajstić information content (AvgIpc) is 2.47. The van der Waals surface area contributed by atoms with Gasteiger partial charge in [0, 0.05) is 10.6 Å². The lowest BCUT2D eigenvalue weighted by Gasteiger charge is -2.07. The third-order valence-corrected chi connectivity index (χ3v) is 3.46. The van der Waals surface area contributed by atoms with Crippen LogP contribution in [0, 0.1) is 23.0 Å². The smallest absolute Gasteiger partial charge is 0.136 e. The van der Waals surface area contributed by atoms with Crippen LogP contribution in [0.25, 0.3) is 0 Å². The van der Waals surface area contributed by atoms with Gasteiger partial charge in [-0.2, -0.15) is 5.26 Å². The summed E-state index contributed by atoms with van der Waals surface area (Å²) in [6.45, 7) is 0.343. The van der Waals surface area contributed by atoms with Crippen LogP contribution in [0.4, 0.5) is 8.78 Å². The summed E-state index contributed by atoms with van der Waals surface area (Å²) in [6, 6.07) is 12.2. The zero-order chi connectivity index (χ0) is 14.4. The van der Waals surface area contributed by atoms with Gasteiger partial charge >= 0.3 is 0 Å². The molecular weight excluding hydrogens is 280 g/mol. The van der Waals surface area contributed by atoms with Gasteiger partial charge in [-0.3, -0.25) is 0 Å². The normalized spacial score (nSPS) is 10.1. The molecule has 0 aromatic heterocycles. The molecule has 0 amide bonds. The first kappa shape index (κ1) is 14.4. The van der Waals surface area contributed by atoms with Crippen LogP contribution in [0.1, 0.15) is 5.56 Å². The lowest BCUT2D eigenvalue weighted by molar-refractivity contribution is 0.344. The summed E-state index contributed by atoms with van der Waals surface area (Å²) in [5.74, 6) is 0.167. The monoisotopic (exact) mass is 291 g/mol. The van der Waals surface area contributed by atoms with Crippen LogP contribution in [0.3, 0.4) is 0 Å². The number of thioether (sulfide) groups is 1. The highest BCUT2D eigenvalue weighted by atomic mass is 32.2. The molecule has 0 bridgehead atoms.